The number of hydrogen-bond acceptors (Lipinski definition) is 5. The van der Waals surface area contributed by atoms with Crippen LogP contribution >= 0.6 is 0 Å². The number of piperazine rings is 1. The van der Waals surface area contributed by atoms with Crippen molar-refractivity contribution in [3.63, 3.8) is 0 Å². The van der Waals surface area contributed by atoms with E-state index >= 15 is 0 Å². The van der Waals surface area contributed by atoms with Gasteiger partial charge in [-0.25, -0.2) is 4.79 Å². The lowest BCUT2D eigenvalue weighted by Crippen LogP contribution is -2.56. The maximum Gasteiger partial charge on any atom is 0.318 e. The van der Waals surface area contributed by atoms with E-state index in [-0.39, 0.29) is 17.9 Å². The number of aromatic nitrogens is 1. The highest BCUT2D eigenvalue weighted by atomic mass is 16.5. The maximum atomic E-state index is 14.1. The molecular formula is C35H44N6O3. The third-order valence-corrected chi connectivity index (χ3v) is 8.30. The van der Waals surface area contributed by atoms with Crippen molar-refractivity contribution in [2.24, 2.45) is 0 Å². The van der Waals surface area contributed by atoms with Gasteiger partial charge in [-0.1, -0.05) is 49.4 Å². The smallest absolute Gasteiger partial charge is 0.318 e. The second-order valence-corrected chi connectivity index (χ2v) is 11.8. The zero-order valence-electron chi connectivity index (χ0n) is 26.4. The van der Waals surface area contributed by atoms with Crippen molar-refractivity contribution < 1.29 is 14.3 Å². The van der Waals surface area contributed by atoms with Gasteiger partial charge in [-0.2, -0.15) is 0 Å². The molecule has 0 bridgehead atoms. The number of rotatable bonds is 10. The summed E-state index contributed by atoms with van der Waals surface area (Å²) in [5.41, 5.74) is 6.01. The van der Waals surface area contributed by atoms with Crippen LogP contribution in [0.5, 0.6) is 5.75 Å². The molecule has 0 aliphatic carbocycles. The number of aromatic amines is 1. The number of benzene rings is 3. The van der Waals surface area contributed by atoms with Crippen LogP contribution in [0.15, 0.2) is 72.9 Å². The number of aryl methyl sites for hydroxylation is 1. The number of H-pyrrole nitrogens is 1. The van der Waals surface area contributed by atoms with E-state index in [4.69, 9.17) is 4.74 Å². The van der Waals surface area contributed by atoms with Crippen molar-refractivity contribution in [2.75, 3.05) is 57.1 Å². The van der Waals surface area contributed by atoms with Crippen molar-refractivity contribution in [1.29, 1.82) is 0 Å². The summed E-state index contributed by atoms with van der Waals surface area (Å²) in [5, 5.41) is 7.26. The average Bonchev–Trinajstić information content (AvgIpc) is 3.45. The lowest BCUT2D eigenvalue weighted by atomic mass is 9.92. The lowest BCUT2D eigenvalue weighted by molar-refractivity contribution is -0.118. The Morgan fingerprint density at radius 1 is 1.00 bits per heavy atom. The fourth-order valence-corrected chi connectivity index (χ4v) is 5.99. The molecule has 44 heavy (non-hydrogen) atoms. The molecule has 0 radical (unpaired) electrons. The van der Waals surface area contributed by atoms with Gasteiger partial charge >= 0.3 is 6.03 Å². The van der Waals surface area contributed by atoms with Gasteiger partial charge in [-0.05, 0) is 68.9 Å². The van der Waals surface area contributed by atoms with E-state index in [1.165, 1.54) is 11.3 Å². The Bertz CT molecular complexity index is 1590. The zero-order valence-corrected chi connectivity index (χ0v) is 26.4. The molecule has 1 aliphatic heterocycles. The Hall–Kier alpha value is -4.50. The van der Waals surface area contributed by atoms with Crippen molar-refractivity contribution in [3.8, 4) is 5.75 Å². The molecule has 2 heterocycles. The first-order valence-corrected chi connectivity index (χ1v) is 15.4. The van der Waals surface area contributed by atoms with Gasteiger partial charge in [0.1, 0.15) is 11.8 Å². The second kappa shape index (κ2) is 13.9. The molecule has 5 rings (SSSR count). The molecule has 9 nitrogen and oxygen atoms in total. The van der Waals surface area contributed by atoms with Gasteiger partial charge < -0.3 is 35.1 Å². The number of nitrogens with one attached hydrogen (secondary N) is 3. The van der Waals surface area contributed by atoms with Crippen molar-refractivity contribution >= 4 is 34.2 Å². The summed E-state index contributed by atoms with van der Waals surface area (Å²) in [6.45, 7) is 9.78. The number of carbonyl (C=O) groups excluding carboxylic acids is 2. The van der Waals surface area contributed by atoms with Gasteiger partial charge in [0.05, 0.1) is 12.3 Å². The molecular weight excluding hydrogens is 552 g/mol. The summed E-state index contributed by atoms with van der Waals surface area (Å²) in [7, 11) is 4.01. The maximum absolute atomic E-state index is 14.1. The summed E-state index contributed by atoms with van der Waals surface area (Å²) >= 11 is 0. The van der Waals surface area contributed by atoms with Crippen LogP contribution < -0.4 is 20.3 Å². The van der Waals surface area contributed by atoms with Crippen molar-refractivity contribution in [2.45, 2.75) is 39.3 Å². The molecule has 3 N–H and O–H groups in total. The predicted octanol–water partition coefficient (Wildman–Crippen LogP) is 5.58. The second-order valence-electron chi connectivity index (χ2n) is 11.8. The van der Waals surface area contributed by atoms with E-state index in [1.807, 2.05) is 88.7 Å². The average molecular weight is 597 g/mol. The van der Waals surface area contributed by atoms with Gasteiger partial charge in [-0.15, -0.1) is 0 Å². The summed E-state index contributed by atoms with van der Waals surface area (Å²) in [6, 6.07) is 21.1. The number of hydrogen-bond donors (Lipinski definition) is 3. The van der Waals surface area contributed by atoms with Gasteiger partial charge in [0.2, 0.25) is 5.91 Å². The molecule has 1 saturated heterocycles. The SMILES string of the molecule is CCOc1ccc(CN(C)C)cc1NC(=O)C(NC(=O)N1CCN(c2ccccc2C)CC1)C(C)c1c[nH]c2ccccc12. The van der Waals surface area contributed by atoms with Gasteiger partial charge in [0.15, 0.2) is 0 Å². The van der Waals surface area contributed by atoms with Crippen LogP contribution in [0, 0.1) is 6.92 Å². The molecule has 2 unspecified atom stereocenters. The minimum atomic E-state index is -0.830. The number of carbonyl (C=O) groups is 2. The molecule has 1 aliphatic rings. The van der Waals surface area contributed by atoms with E-state index in [0.29, 0.717) is 31.1 Å². The summed E-state index contributed by atoms with van der Waals surface area (Å²) < 4.78 is 5.87. The lowest BCUT2D eigenvalue weighted by Gasteiger charge is -2.37. The summed E-state index contributed by atoms with van der Waals surface area (Å²) in [5.74, 6) is -0.0120. The van der Waals surface area contributed by atoms with Crippen LogP contribution in [0.3, 0.4) is 0 Å². The van der Waals surface area contributed by atoms with Crippen molar-refractivity contribution in [3.05, 3.63) is 89.6 Å². The first kappa shape index (κ1) is 30.9. The van der Waals surface area contributed by atoms with E-state index in [2.05, 4.69) is 44.5 Å². The number of para-hydroxylation sites is 2. The molecule has 1 aromatic heterocycles. The first-order valence-electron chi connectivity index (χ1n) is 15.4. The van der Waals surface area contributed by atoms with E-state index in [1.54, 1.807) is 4.90 Å². The molecule has 9 heteroatoms. The Morgan fingerprint density at radius 2 is 1.73 bits per heavy atom. The van der Waals surface area contributed by atoms with Crippen LogP contribution in [0.2, 0.25) is 0 Å². The zero-order chi connectivity index (χ0) is 31.2. The van der Waals surface area contributed by atoms with Gasteiger partial charge in [0.25, 0.3) is 0 Å². The third-order valence-electron chi connectivity index (χ3n) is 8.30. The first-order chi connectivity index (χ1) is 21.2. The molecule has 232 valence electrons. The fraction of sp³-hybridized carbons (Fsp3) is 0.371. The van der Waals surface area contributed by atoms with Crippen LogP contribution in [0.25, 0.3) is 10.9 Å². The number of ether oxygens (including phenoxy) is 1. The Kier molecular flexibility index (Phi) is 9.75. The minimum absolute atomic E-state index is 0.243. The quantitative estimate of drug-likeness (QED) is 0.222. The highest BCUT2D eigenvalue weighted by molar-refractivity contribution is 5.99. The molecule has 3 aromatic carbocycles. The van der Waals surface area contributed by atoms with Crippen molar-refractivity contribution in [1.82, 2.24) is 20.1 Å². The number of anilines is 2. The number of nitrogens with zero attached hydrogens (tertiary/aromatic N) is 3. The van der Waals surface area contributed by atoms with E-state index < -0.39 is 6.04 Å². The molecule has 0 saturated carbocycles. The summed E-state index contributed by atoms with van der Waals surface area (Å²) in [4.78, 5) is 37.4. The van der Waals surface area contributed by atoms with E-state index in [0.717, 1.165) is 41.7 Å². The number of urea groups is 1. The Morgan fingerprint density at radius 3 is 2.45 bits per heavy atom. The third kappa shape index (κ3) is 7.00. The van der Waals surface area contributed by atoms with Crippen LogP contribution in [0.4, 0.5) is 16.2 Å². The highest BCUT2D eigenvalue weighted by Crippen LogP contribution is 2.31. The molecule has 4 aromatic rings. The molecule has 0 spiro atoms. The normalized spacial score (nSPS) is 14.9. The molecule has 1 fully saturated rings. The largest absolute Gasteiger partial charge is 0.492 e. The van der Waals surface area contributed by atoms with Crippen LogP contribution in [-0.4, -0.2) is 79.6 Å². The fourth-order valence-electron chi connectivity index (χ4n) is 5.99. The topological polar surface area (TPSA) is 92.9 Å². The monoisotopic (exact) mass is 596 g/mol. The molecule has 3 amide bonds. The number of fused-ring (bicyclic) bond motifs is 1. The van der Waals surface area contributed by atoms with E-state index in [9.17, 15) is 9.59 Å². The number of amides is 3. The Labute approximate surface area is 260 Å². The minimum Gasteiger partial charge on any atom is -0.492 e. The Balaban J connectivity index is 1.38. The predicted molar refractivity (Wildman–Crippen MR) is 178 cm³/mol. The van der Waals surface area contributed by atoms with Crippen LogP contribution in [-0.2, 0) is 11.3 Å². The molecule has 2 atom stereocenters. The van der Waals surface area contributed by atoms with Gasteiger partial charge in [0, 0.05) is 61.4 Å². The summed E-state index contributed by atoms with van der Waals surface area (Å²) in [6.07, 6.45) is 1.94. The highest BCUT2D eigenvalue weighted by Gasteiger charge is 2.32. The van der Waals surface area contributed by atoms with Gasteiger partial charge in [-0.3, -0.25) is 4.79 Å². The van der Waals surface area contributed by atoms with Crippen LogP contribution in [0.1, 0.15) is 36.5 Å². The standard InChI is InChI=1S/C35H44N6O3/c1-6-44-32-16-15-26(23-39(4)5)21-30(32)37-34(42)33(25(3)28-22-36-29-13-9-8-12-27(28)29)38-35(43)41-19-17-40(18-20-41)31-14-10-7-11-24(31)2/h7-16,21-22,25,33,36H,6,17-20,23H2,1-5H3,(H,37,42)(H,38,43).